The lowest BCUT2D eigenvalue weighted by molar-refractivity contribution is -0.138. The molecule has 0 aliphatic carbocycles. The number of hydrogen-bond donors (Lipinski definition) is 2. The van der Waals surface area contributed by atoms with Crippen molar-refractivity contribution in [1.29, 1.82) is 0 Å². The Kier molecular flexibility index (Phi) is 7.46. The van der Waals surface area contributed by atoms with Gasteiger partial charge >= 0.3 is 5.97 Å². The van der Waals surface area contributed by atoms with E-state index >= 15 is 0 Å². The van der Waals surface area contributed by atoms with Crippen molar-refractivity contribution in [3.05, 3.63) is 35.9 Å². The van der Waals surface area contributed by atoms with E-state index in [1.165, 1.54) is 5.56 Å². The number of hydrogen-bond acceptors (Lipinski definition) is 3. The number of carbonyl (C=O) groups excluding carboxylic acids is 1. The van der Waals surface area contributed by atoms with E-state index in [0.29, 0.717) is 5.92 Å². The molecule has 0 bridgehead atoms. The van der Waals surface area contributed by atoms with Gasteiger partial charge in [-0.05, 0) is 17.9 Å². The van der Waals surface area contributed by atoms with Gasteiger partial charge in [0.1, 0.15) is 6.54 Å². The van der Waals surface area contributed by atoms with Crippen LogP contribution >= 0.6 is 0 Å². The maximum absolute atomic E-state index is 11.7. The fourth-order valence-corrected chi connectivity index (χ4v) is 2.12. The highest BCUT2D eigenvalue weighted by molar-refractivity contribution is 5.82. The number of rotatable bonds is 9. The van der Waals surface area contributed by atoms with Crippen molar-refractivity contribution in [1.82, 2.24) is 10.2 Å². The van der Waals surface area contributed by atoms with Crippen LogP contribution in [0.25, 0.3) is 0 Å². The highest BCUT2D eigenvalue weighted by Crippen LogP contribution is 2.04. The molecule has 0 spiro atoms. The van der Waals surface area contributed by atoms with E-state index in [1.807, 2.05) is 18.2 Å². The molecule has 5 nitrogen and oxygen atoms in total. The van der Waals surface area contributed by atoms with Crippen LogP contribution in [0.15, 0.2) is 30.3 Å². The lowest BCUT2D eigenvalue weighted by Gasteiger charge is -2.23. The summed E-state index contributed by atoms with van der Waals surface area (Å²) in [6.07, 6.45) is 0.875. The molecule has 116 valence electrons. The molecule has 0 saturated carbocycles. The van der Waals surface area contributed by atoms with Gasteiger partial charge in [-0.1, -0.05) is 44.2 Å². The Morgan fingerprint density at radius 3 is 2.48 bits per heavy atom. The van der Waals surface area contributed by atoms with E-state index < -0.39 is 5.97 Å². The Morgan fingerprint density at radius 1 is 1.24 bits per heavy atom. The number of benzene rings is 1. The molecule has 0 heterocycles. The number of carbonyl (C=O) groups is 2. The summed E-state index contributed by atoms with van der Waals surface area (Å²) in [4.78, 5) is 24.2. The zero-order valence-electron chi connectivity index (χ0n) is 12.7. The standard InChI is InChI=1S/C16H24N2O3/c1-13(2)11-18(12-15(19)17-10-16(20)21)9-8-14-6-4-3-5-7-14/h3-7,13H,8-12H2,1-2H3,(H,17,19)(H,20,21). The van der Waals surface area contributed by atoms with Gasteiger partial charge in [0, 0.05) is 13.1 Å². The molecule has 5 heteroatoms. The molecule has 2 N–H and O–H groups in total. The van der Waals surface area contributed by atoms with Crippen LogP contribution in [0.1, 0.15) is 19.4 Å². The third kappa shape index (κ3) is 8.09. The van der Waals surface area contributed by atoms with Gasteiger partial charge in [0.05, 0.1) is 6.54 Å². The molecule has 1 rings (SSSR count). The number of aliphatic carboxylic acids is 1. The lowest BCUT2D eigenvalue weighted by Crippen LogP contribution is -2.41. The molecule has 0 aliphatic rings. The quantitative estimate of drug-likeness (QED) is 0.721. The maximum Gasteiger partial charge on any atom is 0.322 e. The van der Waals surface area contributed by atoms with Gasteiger partial charge in [0.15, 0.2) is 0 Å². The van der Waals surface area contributed by atoms with Crippen molar-refractivity contribution >= 4 is 11.9 Å². The molecule has 21 heavy (non-hydrogen) atoms. The van der Waals surface area contributed by atoms with Crippen LogP contribution in [0.5, 0.6) is 0 Å². The maximum atomic E-state index is 11.7. The van der Waals surface area contributed by atoms with Gasteiger partial charge in [-0.15, -0.1) is 0 Å². The Bertz CT molecular complexity index is 446. The Morgan fingerprint density at radius 2 is 1.90 bits per heavy atom. The molecule has 0 aromatic heterocycles. The van der Waals surface area contributed by atoms with Gasteiger partial charge in [0.2, 0.25) is 5.91 Å². The Hall–Kier alpha value is -1.88. The summed E-state index contributed by atoms with van der Waals surface area (Å²) >= 11 is 0. The molecular weight excluding hydrogens is 268 g/mol. The predicted molar refractivity (Wildman–Crippen MR) is 82.1 cm³/mol. The van der Waals surface area contributed by atoms with Crippen molar-refractivity contribution in [3.63, 3.8) is 0 Å². The van der Waals surface area contributed by atoms with Gasteiger partial charge in [-0.25, -0.2) is 0 Å². The van der Waals surface area contributed by atoms with Gasteiger partial charge < -0.3 is 10.4 Å². The Labute approximate surface area is 126 Å². The normalized spacial score (nSPS) is 10.9. The molecule has 0 saturated heterocycles. The zero-order valence-corrected chi connectivity index (χ0v) is 12.7. The van der Waals surface area contributed by atoms with E-state index in [4.69, 9.17) is 5.11 Å². The van der Waals surface area contributed by atoms with Crippen molar-refractivity contribution in [2.24, 2.45) is 5.92 Å². The topological polar surface area (TPSA) is 69.6 Å². The van der Waals surface area contributed by atoms with Gasteiger partial charge in [-0.2, -0.15) is 0 Å². The molecular formula is C16H24N2O3. The van der Waals surface area contributed by atoms with Crippen molar-refractivity contribution in [3.8, 4) is 0 Å². The second-order valence-electron chi connectivity index (χ2n) is 5.54. The van der Waals surface area contributed by atoms with Crippen LogP contribution in [0, 0.1) is 5.92 Å². The molecule has 0 unspecified atom stereocenters. The zero-order chi connectivity index (χ0) is 15.7. The first-order chi connectivity index (χ1) is 9.97. The number of carboxylic acid groups (broad SMARTS) is 1. The van der Waals surface area contributed by atoms with E-state index in [1.54, 1.807) is 0 Å². The number of amides is 1. The third-order valence-corrected chi connectivity index (χ3v) is 2.99. The van der Waals surface area contributed by atoms with Crippen molar-refractivity contribution in [2.45, 2.75) is 20.3 Å². The number of carboxylic acids is 1. The molecule has 0 radical (unpaired) electrons. The summed E-state index contributed by atoms with van der Waals surface area (Å²) in [5.74, 6) is -0.817. The number of nitrogens with zero attached hydrogens (tertiary/aromatic N) is 1. The molecule has 1 aromatic rings. The minimum atomic E-state index is -1.02. The van der Waals surface area contributed by atoms with Crippen LogP contribution in [0.2, 0.25) is 0 Å². The largest absolute Gasteiger partial charge is 0.480 e. The lowest BCUT2D eigenvalue weighted by atomic mass is 10.1. The Balaban J connectivity index is 2.47. The minimum absolute atomic E-state index is 0.234. The monoisotopic (exact) mass is 292 g/mol. The fourth-order valence-electron chi connectivity index (χ4n) is 2.12. The van der Waals surface area contributed by atoms with Crippen LogP contribution in [-0.2, 0) is 16.0 Å². The molecule has 0 aliphatic heterocycles. The van der Waals surface area contributed by atoms with Crippen molar-refractivity contribution in [2.75, 3.05) is 26.2 Å². The van der Waals surface area contributed by atoms with E-state index in [-0.39, 0.29) is 19.0 Å². The summed E-state index contributed by atoms with van der Waals surface area (Å²) in [5.41, 5.74) is 1.23. The summed E-state index contributed by atoms with van der Waals surface area (Å²) in [6, 6.07) is 10.1. The molecule has 1 amide bonds. The highest BCUT2D eigenvalue weighted by Gasteiger charge is 2.13. The van der Waals surface area contributed by atoms with E-state index in [9.17, 15) is 9.59 Å². The SMILES string of the molecule is CC(C)CN(CCc1ccccc1)CC(=O)NCC(=O)O. The minimum Gasteiger partial charge on any atom is -0.480 e. The first-order valence-electron chi connectivity index (χ1n) is 7.22. The smallest absolute Gasteiger partial charge is 0.322 e. The summed E-state index contributed by atoms with van der Waals surface area (Å²) in [7, 11) is 0. The highest BCUT2D eigenvalue weighted by atomic mass is 16.4. The fraction of sp³-hybridized carbons (Fsp3) is 0.500. The summed E-state index contributed by atoms with van der Waals surface area (Å²) < 4.78 is 0. The number of nitrogens with one attached hydrogen (secondary N) is 1. The second kappa shape index (κ2) is 9.13. The van der Waals surface area contributed by atoms with E-state index in [2.05, 4.69) is 36.2 Å². The van der Waals surface area contributed by atoms with Crippen LogP contribution < -0.4 is 5.32 Å². The van der Waals surface area contributed by atoms with Crippen LogP contribution in [0.3, 0.4) is 0 Å². The first kappa shape index (κ1) is 17.2. The van der Waals surface area contributed by atoms with Crippen LogP contribution in [-0.4, -0.2) is 48.1 Å². The molecule has 0 atom stereocenters. The third-order valence-electron chi connectivity index (χ3n) is 2.99. The summed E-state index contributed by atoms with van der Waals surface area (Å²) in [6.45, 7) is 5.71. The van der Waals surface area contributed by atoms with Gasteiger partial charge in [-0.3, -0.25) is 14.5 Å². The van der Waals surface area contributed by atoms with Crippen LogP contribution in [0.4, 0.5) is 0 Å². The molecule has 0 fully saturated rings. The average Bonchev–Trinajstić information content (AvgIpc) is 2.43. The van der Waals surface area contributed by atoms with Gasteiger partial charge in [0.25, 0.3) is 0 Å². The summed E-state index contributed by atoms with van der Waals surface area (Å²) in [5, 5.41) is 11.0. The van der Waals surface area contributed by atoms with E-state index in [0.717, 1.165) is 19.5 Å². The average molecular weight is 292 g/mol. The first-order valence-corrected chi connectivity index (χ1v) is 7.22. The molecule has 1 aromatic carbocycles. The predicted octanol–water partition coefficient (Wildman–Crippen LogP) is 1.39. The van der Waals surface area contributed by atoms with Crippen molar-refractivity contribution < 1.29 is 14.7 Å². The second-order valence-corrected chi connectivity index (χ2v) is 5.54.